The lowest BCUT2D eigenvalue weighted by Crippen LogP contribution is -2.10. The van der Waals surface area contributed by atoms with E-state index in [4.69, 9.17) is 15.2 Å². The first-order valence-electron chi connectivity index (χ1n) is 6.12. The molecule has 2 aromatic rings. The topological polar surface area (TPSA) is 44.5 Å². The molecule has 0 spiro atoms. The Labute approximate surface area is 110 Å². The van der Waals surface area contributed by atoms with E-state index in [0.29, 0.717) is 17.9 Å². The summed E-state index contributed by atoms with van der Waals surface area (Å²) < 4.78 is 24.5. The number of nitrogens with two attached hydrogens (primary N) is 1. The van der Waals surface area contributed by atoms with Gasteiger partial charge in [-0.15, -0.1) is 0 Å². The molecule has 0 radical (unpaired) electrons. The molecule has 1 unspecified atom stereocenters. The molecule has 4 heteroatoms. The third-order valence-electron chi connectivity index (χ3n) is 3.16. The Morgan fingerprint density at radius 2 is 2.11 bits per heavy atom. The van der Waals surface area contributed by atoms with Gasteiger partial charge in [0.05, 0.1) is 6.04 Å². The van der Waals surface area contributed by atoms with Gasteiger partial charge in [0, 0.05) is 17.2 Å². The van der Waals surface area contributed by atoms with Gasteiger partial charge in [-0.3, -0.25) is 0 Å². The maximum Gasteiger partial charge on any atom is 0.129 e. The first-order valence-corrected chi connectivity index (χ1v) is 6.12. The van der Waals surface area contributed by atoms with Crippen LogP contribution < -0.4 is 15.2 Å². The molecule has 3 nitrogen and oxygen atoms in total. The molecular formula is C15H14FNO2. The minimum absolute atomic E-state index is 0.0735. The van der Waals surface area contributed by atoms with Gasteiger partial charge in [-0.1, -0.05) is 18.2 Å². The van der Waals surface area contributed by atoms with Crippen molar-refractivity contribution in [2.45, 2.75) is 12.6 Å². The predicted molar refractivity (Wildman–Crippen MR) is 69.6 cm³/mol. The van der Waals surface area contributed by atoms with E-state index in [2.05, 4.69) is 0 Å². The fourth-order valence-electron chi connectivity index (χ4n) is 2.08. The third-order valence-corrected chi connectivity index (χ3v) is 3.16. The van der Waals surface area contributed by atoms with E-state index < -0.39 is 0 Å². The van der Waals surface area contributed by atoms with E-state index >= 15 is 0 Å². The van der Waals surface area contributed by atoms with Gasteiger partial charge < -0.3 is 15.2 Å². The van der Waals surface area contributed by atoms with Crippen LogP contribution in [0.25, 0.3) is 0 Å². The van der Waals surface area contributed by atoms with Crippen LogP contribution in [0.2, 0.25) is 0 Å². The Bertz CT molecular complexity index is 600. The second-order valence-electron chi connectivity index (χ2n) is 4.50. The Kier molecular flexibility index (Phi) is 3.09. The zero-order chi connectivity index (χ0) is 13.2. The van der Waals surface area contributed by atoms with Crippen molar-refractivity contribution < 1.29 is 13.9 Å². The van der Waals surface area contributed by atoms with Gasteiger partial charge in [0.2, 0.25) is 0 Å². The number of hydrogen-bond acceptors (Lipinski definition) is 3. The number of benzene rings is 2. The second kappa shape index (κ2) is 4.90. The van der Waals surface area contributed by atoms with Crippen LogP contribution in [0, 0.1) is 5.82 Å². The summed E-state index contributed by atoms with van der Waals surface area (Å²) in [4.78, 5) is 0. The van der Waals surface area contributed by atoms with Crippen LogP contribution in [-0.4, -0.2) is 6.61 Å². The van der Waals surface area contributed by atoms with Crippen molar-refractivity contribution in [3.8, 4) is 11.5 Å². The van der Waals surface area contributed by atoms with Crippen LogP contribution >= 0.6 is 0 Å². The molecule has 1 aliphatic rings. The predicted octanol–water partition coefficient (Wildman–Crippen LogP) is 2.80. The molecule has 0 fully saturated rings. The first kappa shape index (κ1) is 12.0. The summed E-state index contributed by atoms with van der Waals surface area (Å²) in [7, 11) is 0. The molecule has 1 aliphatic heterocycles. The summed E-state index contributed by atoms with van der Waals surface area (Å²) in [5.74, 6) is 1.14. The molecule has 98 valence electrons. The normalized spacial score (nSPS) is 16.8. The van der Waals surface area contributed by atoms with E-state index in [1.165, 1.54) is 6.07 Å². The van der Waals surface area contributed by atoms with Gasteiger partial charge >= 0.3 is 0 Å². The second-order valence-corrected chi connectivity index (χ2v) is 4.50. The fourth-order valence-corrected chi connectivity index (χ4v) is 2.08. The minimum atomic E-state index is -0.262. The summed E-state index contributed by atoms with van der Waals surface area (Å²) in [6, 6.07) is 12.0. The molecule has 0 aliphatic carbocycles. The standard InChI is InChI=1S/C15H14FNO2/c16-13-4-2-1-3-10(13)8-18-11-5-6-12-14(17)9-19-15(12)7-11/h1-7,14H,8-9,17H2. The Hall–Kier alpha value is -2.07. The number of hydrogen-bond donors (Lipinski definition) is 1. The van der Waals surface area contributed by atoms with Crippen molar-refractivity contribution in [2.24, 2.45) is 5.73 Å². The Morgan fingerprint density at radius 3 is 2.95 bits per heavy atom. The van der Waals surface area contributed by atoms with Crippen LogP contribution in [0.15, 0.2) is 42.5 Å². The zero-order valence-corrected chi connectivity index (χ0v) is 10.3. The minimum Gasteiger partial charge on any atom is -0.491 e. The Balaban J connectivity index is 1.73. The van der Waals surface area contributed by atoms with Crippen LogP contribution in [0.5, 0.6) is 11.5 Å². The van der Waals surface area contributed by atoms with E-state index in [1.807, 2.05) is 12.1 Å². The lowest BCUT2D eigenvalue weighted by molar-refractivity contribution is 0.295. The molecule has 0 bridgehead atoms. The smallest absolute Gasteiger partial charge is 0.129 e. The van der Waals surface area contributed by atoms with Crippen LogP contribution in [0.1, 0.15) is 17.2 Å². The van der Waals surface area contributed by atoms with Gasteiger partial charge in [0.25, 0.3) is 0 Å². The highest BCUT2D eigenvalue weighted by atomic mass is 19.1. The largest absolute Gasteiger partial charge is 0.491 e. The molecule has 19 heavy (non-hydrogen) atoms. The number of rotatable bonds is 3. The summed E-state index contributed by atoms with van der Waals surface area (Å²) in [6.45, 7) is 0.684. The van der Waals surface area contributed by atoms with Crippen molar-refractivity contribution in [3.05, 3.63) is 59.4 Å². The van der Waals surface area contributed by atoms with Crippen LogP contribution in [0.3, 0.4) is 0 Å². The lowest BCUT2D eigenvalue weighted by Gasteiger charge is -2.08. The van der Waals surface area contributed by atoms with Crippen LogP contribution in [0.4, 0.5) is 4.39 Å². The Morgan fingerprint density at radius 1 is 1.26 bits per heavy atom. The molecule has 3 rings (SSSR count). The summed E-state index contributed by atoms with van der Waals surface area (Å²) in [5.41, 5.74) is 7.38. The van der Waals surface area contributed by atoms with Crippen LogP contribution in [-0.2, 0) is 6.61 Å². The summed E-state index contributed by atoms with van der Waals surface area (Å²) in [5, 5.41) is 0. The molecule has 0 saturated carbocycles. The van der Waals surface area contributed by atoms with Gasteiger partial charge in [0.1, 0.15) is 30.5 Å². The quantitative estimate of drug-likeness (QED) is 0.921. The summed E-state index contributed by atoms with van der Waals surface area (Å²) >= 11 is 0. The third kappa shape index (κ3) is 2.39. The average Bonchev–Trinajstić information content (AvgIpc) is 2.79. The number of ether oxygens (including phenoxy) is 2. The molecule has 0 saturated heterocycles. The van der Waals surface area contributed by atoms with Gasteiger partial charge in [-0.05, 0) is 18.2 Å². The van der Waals surface area contributed by atoms with E-state index in [0.717, 1.165) is 11.3 Å². The van der Waals surface area contributed by atoms with E-state index in [1.54, 1.807) is 24.3 Å². The average molecular weight is 259 g/mol. The van der Waals surface area contributed by atoms with Gasteiger partial charge in [-0.25, -0.2) is 4.39 Å². The summed E-state index contributed by atoms with van der Waals surface area (Å²) in [6.07, 6.45) is 0. The lowest BCUT2D eigenvalue weighted by atomic mass is 10.1. The molecule has 1 heterocycles. The molecule has 0 aromatic heterocycles. The van der Waals surface area contributed by atoms with Crippen molar-refractivity contribution in [3.63, 3.8) is 0 Å². The molecule has 1 atom stereocenters. The van der Waals surface area contributed by atoms with Crippen molar-refractivity contribution in [1.29, 1.82) is 0 Å². The highest BCUT2D eigenvalue weighted by molar-refractivity contribution is 5.44. The van der Waals surface area contributed by atoms with Crippen molar-refractivity contribution >= 4 is 0 Å². The SMILES string of the molecule is NC1COc2cc(OCc3ccccc3F)ccc21. The van der Waals surface area contributed by atoms with E-state index in [9.17, 15) is 4.39 Å². The molecule has 0 amide bonds. The number of halogens is 1. The molecular weight excluding hydrogens is 245 g/mol. The molecule has 2 N–H and O–H groups in total. The first-order chi connectivity index (χ1) is 9.24. The maximum atomic E-state index is 13.4. The van der Waals surface area contributed by atoms with Crippen molar-refractivity contribution in [2.75, 3.05) is 6.61 Å². The monoisotopic (exact) mass is 259 g/mol. The van der Waals surface area contributed by atoms with Gasteiger partial charge in [-0.2, -0.15) is 0 Å². The molecule has 2 aromatic carbocycles. The highest BCUT2D eigenvalue weighted by Gasteiger charge is 2.20. The maximum absolute atomic E-state index is 13.4. The number of fused-ring (bicyclic) bond motifs is 1. The highest BCUT2D eigenvalue weighted by Crippen LogP contribution is 2.34. The zero-order valence-electron chi connectivity index (χ0n) is 10.3. The van der Waals surface area contributed by atoms with Gasteiger partial charge in [0.15, 0.2) is 0 Å². The van der Waals surface area contributed by atoms with E-state index in [-0.39, 0.29) is 18.5 Å². The fraction of sp³-hybridized carbons (Fsp3) is 0.200. The van der Waals surface area contributed by atoms with Crippen molar-refractivity contribution in [1.82, 2.24) is 0 Å².